The van der Waals surface area contributed by atoms with Gasteiger partial charge in [-0.05, 0) is 48.2 Å². The summed E-state index contributed by atoms with van der Waals surface area (Å²) < 4.78 is 1.02. The number of benzene rings is 1. The first-order valence-electron chi connectivity index (χ1n) is 9.12. The Morgan fingerprint density at radius 2 is 1.81 bits per heavy atom. The van der Waals surface area contributed by atoms with Crippen LogP contribution in [0.1, 0.15) is 36.8 Å². The first-order chi connectivity index (χ1) is 12.7. The van der Waals surface area contributed by atoms with Crippen LogP contribution >= 0.6 is 15.9 Å². The molecule has 1 aromatic heterocycles. The number of hydrogen-bond acceptors (Lipinski definition) is 3. The third kappa shape index (κ3) is 5.70. The number of carbonyl (C=O) groups excluding carboxylic acids is 1. The van der Waals surface area contributed by atoms with Gasteiger partial charge in [-0.25, -0.2) is 4.98 Å². The summed E-state index contributed by atoms with van der Waals surface area (Å²) in [6.45, 7) is 2.66. The Bertz CT molecular complexity index is 733. The summed E-state index contributed by atoms with van der Waals surface area (Å²) in [6.07, 6.45) is 10.3. The van der Waals surface area contributed by atoms with Crippen LogP contribution in [-0.2, 0) is 11.3 Å². The average molecular weight is 414 g/mol. The fourth-order valence-electron chi connectivity index (χ4n) is 3.00. The molecule has 1 amide bonds. The number of anilines is 1. The molecule has 26 heavy (non-hydrogen) atoms. The molecule has 1 aliphatic rings. The Kier molecular flexibility index (Phi) is 6.83. The van der Waals surface area contributed by atoms with E-state index in [1.54, 1.807) is 6.08 Å². The van der Waals surface area contributed by atoms with E-state index >= 15 is 0 Å². The van der Waals surface area contributed by atoms with E-state index < -0.39 is 0 Å². The number of nitrogens with zero attached hydrogens (tertiary/aromatic N) is 2. The summed E-state index contributed by atoms with van der Waals surface area (Å²) in [5.41, 5.74) is 2.00. The Hall–Kier alpha value is -2.14. The molecule has 1 fully saturated rings. The lowest BCUT2D eigenvalue weighted by Gasteiger charge is -2.21. The zero-order valence-electron chi connectivity index (χ0n) is 14.8. The van der Waals surface area contributed by atoms with Gasteiger partial charge in [0, 0.05) is 36.4 Å². The SMILES string of the molecule is O=C(C=Cc1ccc(Br)cc1)NCc1ccc(N2CCCCCC2)nc1. The summed E-state index contributed by atoms with van der Waals surface area (Å²) in [4.78, 5) is 18.9. The molecule has 0 atom stereocenters. The van der Waals surface area contributed by atoms with Crippen molar-refractivity contribution >= 4 is 33.7 Å². The first-order valence-corrected chi connectivity index (χ1v) is 9.91. The minimum atomic E-state index is -0.107. The fourth-order valence-corrected chi connectivity index (χ4v) is 3.27. The van der Waals surface area contributed by atoms with Gasteiger partial charge in [0.05, 0.1) is 0 Å². The highest BCUT2D eigenvalue weighted by Crippen LogP contribution is 2.17. The maximum absolute atomic E-state index is 12.0. The summed E-state index contributed by atoms with van der Waals surface area (Å²) in [6, 6.07) is 11.9. The smallest absolute Gasteiger partial charge is 0.244 e. The van der Waals surface area contributed by atoms with Crippen LogP contribution in [0.3, 0.4) is 0 Å². The predicted molar refractivity (Wildman–Crippen MR) is 110 cm³/mol. The van der Waals surface area contributed by atoms with Crippen molar-refractivity contribution < 1.29 is 4.79 Å². The summed E-state index contributed by atoms with van der Waals surface area (Å²) in [5.74, 6) is 0.932. The van der Waals surface area contributed by atoms with E-state index in [-0.39, 0.29) is 5.91 Å². The van der Waals surface area contributed by atoms with E-state index in [9.17, 15) is 4.79 Å². The number of aromatic nitrogens is 1. The standard InChI is InChI=1S/C21H24BrN3O/c22-19-9-5-17(6-10-19)8-12-21(26)24-16-18-7-11-20(23-15-18)25-13-3-1-2-4-14-25/h5-12,15H,1-4,13-14,16H2,(H,24,26). The van der Waals surface area contributed by atoms with Gasteiger partial charge in [0.15, 0.2) is 0 Å². The maximum Gasteiger partial charge on any atom is 0.244 e. The van der Waals surface area contributed by atoms with Gasteiger partial charge in [0.25, 0.3) is 0 Å². The molecule has 3 rings (SSSR count). The molecule has 2 heterocycles. The van der Waals surface area contributed by atoms with Crippen molar-refractivity contribution in [3.63, 3.8) is 0 Å². The van der Waals surface area contributed by atoms with Crippen LogP contribution in [0, 0.1) is 0 Å². The molecule has 0 aliphatic carbocycles. The van der Waals surface area contributed by atoms with Crippen molar-refractivity contribution in [3.8, 4) is 0 Å². The van der Waals surface area contributed by atoms with Crippen LogP contribution in [0.5, 0.6) is 0 Å². The number of nitrogens with one attached hydrogen (secondary N) is 1. The highest BCUT2D eigenvalue weighted by Gasteiger charge is 2.10. The topological polar surface area (TPSA) is 45.2 Å². The Morgan fingerprint density at radius 1 is 1.08 bits per heavy atom. The van der Waals surface area contributed by atoms with Crippen molar-refractivity contribution in [2.24, 2.45) is 0 Å². The number of halogens is 1. The molecule has 1 N–H and O–H groups in total. The molecular formula is C21H24BrN3O. The predicted octanol–water partition coefficient (Wildman–Crippen LogP) is 4.55. The van der Waals surface area contributed by atoms with Crippen molar-refractivity contribution in [1.29, 1.82) is 0 Å². The monoisotopic (exact) mass is 413 g/mol. The van der Waals surface area contributed by atoms with Gasteiger partial charge in [0.2, 0.25) is 5.91 Å². The van der Waals surface area contributed by atoms with Gasteiger partial charge >= 0.3 is 0 Å². The van der Waals surface area contributed by atoms with Gasteiger partial charge in [-0.2, -0.15) is 0 Å². The number of hydrogen-bond donors (Lipinski definition) is 1. The van der Waals surface area contributed by atoms with Crippen molar-refractivity contribution in [1.82, 2.24) is 10.3 Å². The van der Waals surface area contributed by atoms with Gasteiger partial charge in [-0.1, -0.05) is 47.0 Å². The minimum absolute atomic E-state index is 0.107. The second-order valence-electron chi connectivity index (χ2n) is 6.53. The van der Waals surface area contributed by atoms with Gasteiger partial charge < -0.3 is 10.2 Å². The van der Waals surface area contributed by atoms with Crippen LogP contribution in [0.2, 0.25) is 0 Å². The molecule has 2 aromatic rings. The summed E-state index contributed by atoms with van der Waals surface area (Å²) in [5, 5.41) is 2.90. The van der Waals surface area contributed by atoms with E-state index in [2.05, 4.69) is 37.2 Å². The van der Waals surface area contributed by atoms with Crippen molar-refractivity contribution in [2.45, 2.75) is 32.2 Å². The van der Waals surface area contributed by atoms with Crippen molar-refractivity contribution in [3.05, 3.63) is 64.3 Å². The van der Waals surface area contributed by atoms with Gasteiger partial charge in [-0.3, -0.25) is 4.79 Å². The molecule has 0 radical (unpaired) electrons. The first kappa shape index (κ1) is 18.6. The zero-order chi connectivity index (χ0) is 18.2. The highest BCUT2D eigenvalue weighted by molar-refractivity contribution is 9.10. The van der Waals surface area contributed by atoms with Crippen LogP contribution in [0.25, 0.3) is 6.08 Å². The van der Waals surface area contributed by atoms with E-state index in [1.807, 2.05) is 42.6 Å². The highest BCUT2D eigenvalue weighted by atomic mass is 79.9. The molecule has 1 aromatic carbocycles. The van der Waals surface area contributed by atoms with Crippen LogP contribution < -0.4 is 10.2 Å². The zero-order valence-corrected chi connectivity index (χ0v) is 16.4. The molecule has 0 bridgehead atoms. The van der Waals surface area contributed by atoms with Crippen LogP contribution in [0.4, 0.5) is 5.82 Å². The third-order valence-corrected chi connectivity index (χ3v) is 5.03. The molecule has 1 saturated heterocycles. The quantitative estimate of drug-likeness (QED) is 0.730. The second-order valence-corrected chi connectivity index (χ2v) is 7.44. The Labute approximate surface area is 163 Å². The summed E-state index contributed by atoms with van der Waals surface area (Å²) >= 11 is 3.40. The number of rotatable bonds is 5. The minimum Gasteiger partial charge on any atom is -0.357 e. The van der Waals surface area contributed by atoms with Crippen LogP contribution in [-0.4, -0.2) is 24.0 Å². The van der Waals surface area contributed by atoms with Crippen molar-refractivity contribution in [2.75, 3.05) is 18.0 Å². The third-order valence-electron chi connectivity index (χ3n) is 4.50. The molecule has 4 nitrogen and oxygen atoms in total. The molecule has 0 unspecified atom stereocenters. The molecule has 0 spiro atoms. The second kappa shape index (κ2) is 9.53. The molecule has 5 heteroatoms. The Balaban J connectivity index is 1.49. The fraction of sp³-hybridized carbons (Fsp3) is 0.333. The largest absolute Gasteiger partial charge is 0.357 e. The number of amides is 1. The summed E-state index contributed by atoms with van der Waals surface area (Å²) in [7, 11) is 0. The molecule has 1 aliphatic heterocycles. The Morgan fingerprint density at radius 3 is 2.46 bits per heavy atom. The lowest BCUT2D eigenvalue weighted by atomic mass is 10.2. The van der Waals surface area contributed by atoms with E-state index in [0.29, 0.717) is 6.54 Å². The maximum atomic E-state index is 12.0. The average Bonchev–Trinajstić information content (AvgIpc) is 2.96. The van der Waals surface area contributed by atoms with E-state index in [1.165, 1.54) is 25.7 Å². The normalized spacial score (nSPS) is 15.0. The van der Waals surface area contributed by atoms with E-state index in [0.717, 1.165) is 34.5 Å². The van der Waals surface area contributed by atoms with Gasteiger partial charge in [-0.15, -0.1) is 0 Å². The molecular weight excluding hydrogens is 390 g/mol. The lowest BCUT2D eigenvalue weighted by Crippen LogP contribution is -2.25. The van der Waals surface area contributed by atoms with E-state index in [4.69, 9.17) is 0 Å². The number of carbonyl (C=O) groups is 1. The van der Waals surface area contributed by atoms with Crippen LogP contribution in [0.15, 0.2) is 53.1 Å². The molecule has 136 valence electrons. The molecule has 0 saturated carbocycles. The van der Waals surface area contributed by atoms with Gasteiger partial charge in [0.1, 0.15) is 5.82 Å². The lowest BCUT2D eigenvalue weighted by molar-refractivity contribution is -0.116. The number of pyridine rings is 1.